The maximum atomic E-state index is 10.6. The van der Waals surface area contributed by atoms with Gasteiger partial charge in [0, 0.05) is 43.9 Å². The van der Waals surface area contributed by atoms with E-state index in [-0.39, 0.29) is 20.6 Å². The minimum Gasteiger partial charge on any atom is -0.462 e. The Labute approximate surface area is 249 Å². The number of allylic oxidation sites excluding steroid dienone is 2. The fourth-order valence-electron chi connectivity index (χ4n) is 2.31. The number of halogens is 6. The number of esters is 2. The van der Waals surface area contributed by atoms with Crippen LogP contribution in [-0.2, 0) is 19.1 Å². The van der Waals surface area contributed by atoms with Gasteiger partial charge in [0.05, 0.1) is 0 Å². The maximum absolute atomic E-state index is 10.6. The molecule has 0 aliphatic heterocycles. The molecule has 0 fully saturated rings. The molecule has 200 valence electrons. The molecular formula is C24H38Br4Cl2O4. The molecule has 0 aliphatic carbocycles. The van der Waals surface area contributed by atoms with Gasteiger partial charge in [-0.05, 0) is 65.5 Å². The molecule has 10 heteroatoms. The summed E-state index contributed by atoms with van der Waals surface area (Å²) in [6.45, 7) is 11.9. The van der Waals surface area contributed by atoms with Crippen LogP contribution >= 0.6 is 86.9 Å². The van der Waals surface area contributed by atoms with E-state index in [4.69, 9.17) is 32.7 Å². The molecule has 0 saturated carbocycles. The summed E-state index contributed by atoms with van der Waals surface area (Å²) in [5.41, 5.74) is 2.21. The molecule has 0 bridgehead atoms. The molecule has 0 aromatic carbocycles. The second-order valence-corrected chi connectivity index (χ2v) is 15.6. The van der Waals surface area contributed by atoms with Crippen LogP contribution in [0, 0.1) is 0 Å². The lowest BCUT2D eigenvalue weighted by atomic mass is 10.0. The largest absolute Gasteiger partial charge is 0.462 e. The first-order chi connectivity index (χ1) is 15.5. The maximum Gasteiger partial charge on any atom is 0.302 e. The second-order valence-electron chi connectivity index (χ2n) is 8.74. The van der Waals surface area contributed by atoms with E-state index < -0.39 is 0 Å². The molecule has 0 amide bonds. The summed E-state index contributed by atoms with van der Waals surface area (Å²) in [5, 5.41) is 0. The van der Waals surface area contributed by atoms with Gasteiger partial charge in [0.2, 0.25) is 0 Å². The van der Waals surface area contributed by atoms with Crippen molar-refractivity contribution in [1.29, 1.82) is 0 Å². The first-order valence-corrected chi connectivity index (χ1v) is 15.4. The van der Waals surface area contributed by atoms with Crippen molar-refractivity contribution in [2.24, 2.45) is 0 Å². The Kier molecular flexibility index (Phi) is 21.8. The molecule has 0 aromatic heterocycles. The Morgan fingerprint density at radius 3 is 1.26 bits per heavy atom. The summed E-state index contributed by atoms with van der Waals surface area (Å²) in [6.07, 6.45) is 7.53. The van der Waals surface area contributed by atoms with Crippen molar-refractivity contribution in [3.63, 3.8) is 0 Å². The van der Waals surface area contributed by atoms with Crippen LogP contribution in [0.25, 0.3) is 0 Å². The molecule has 0 spiro atoms. The van der Waals surface area contributed by atoms with Gasteiger partial charge in [0.15, 0.2) is 0 Å². The molecule has 0 radical (unpaired) electrons. The third-order valence-corrected chi connectivity index (χ3v) is 10.8. The highest BCUT2D eigenvalue weighted by molar-refractivity contribution is 9.13. The third-order valence-electron chi connectivity index (χ3n) is 4.59. The van der Waals surface area contributed by atoms with Crippen molar-refractivity contribution in [3.05, 3.63) is 23.3 Å². The van der Waals surface area contributed by atoms with Crippen LogP contribution in [-0.4, -0.2) is 55.2 Å². The van der Waals surface area contributed by atoms with Gasteiger partial charge in [-0.1, -0.05) is 74.9 Å². The minimum absolute atomic E-state index is 0.0559. The average Bonchev–Trinajstić information content (AvgIpc) is 2.71. The van der Waals surface area contributed by atoms with Crippen LogP contribution in [0.5, 0.6) is 0 Å². The molecule has 0 heterocycles. The number of hydrogen-bond donors (Lipinski definition) is 0. The van der Waals surface area contributed by atoms with Gasteiger partial charge in [-0.3, -0.25) is 9.59 Å². The van der Waals surface area contributed by atoms with Crippen molar-refractivity contribution >= 4 is 98.9 Å². The molecule has 0 N–H and O–H groups in total. The summed E-state index contributed by atoms with van der Waals surface area (Å²) in [5.74, 6) is 0.415. The number of alkyl halides is 6. The molecule has 0 rings (SSSR count). The van der Waals surface area contributed by atoms with Gasteiger partial charge in [0.1, 0.15) is 13.2 Å². The quantitative estimate of drug-likeness (QED) is 0.101. The second kappa shape index (κ2) is 20.0. The van der Waals surface area contributed by atoms with Crippen LogP contribution in [0.2, 0.25) is 0 Å². The smallest absolute Gasteiger partial charge is 0.302 e. The van der Waals surface area contributed by atoms with Crippen molar-refractivity contribution < 1.29 is 19.1 Å². The monoisotopic (exact) mass is 776 g/mol. The van der Waals surface area contributed by atoms with Crippen LogP contribution < -0.4 is 0 Å². The van der Waals surface area contributed by atoms with Crippen molar-refractivity contribution in [1.82, 2.24) is 0 Å². The van der Waals surface area contributed by atoms with Crippen molar-refractivity contribution in [2.45, 2.75) is 85.5 Å². The number of carbonyl (C=O) groups is 2. The van der Waals surface area contributed by atoms with E-state index in [1.807, 2.05) is 12.2 Å². The topological polar surface area (TPSA) is 52.6 Å². The highest BCUT2D eigenvalue weighted by atomic mass is 79.9. The minimum atomic E-state index is -0.268. The number of carbonyl (C=O) groups excluding carboxylic acids is 2. The predicted molar refractivity (Wildman–Crippen MR) is 161 cm³/mol. The molecule has 0 aromatic rings. The van der Waals surface area contributed by atoms with Gasteiger partial charge in [-0.15, -0.1) is 23.2 Å². The van der Waals surface area contributed by atoms with Gasteiger partial charge < -0.3 is 9.47 Å². The van der Waals surface area contributed by atoms with Crippen LogP contribution in [0.3, 0.4) is 0 Å². The summed E-state index contributed by atoms with van der Waals surface area (Å²) in [7, 11) is 0. The lowest BCUT2D eigenvalue weighted by Crippen LogP contribution is -2.24. The zero-order chi connectivity index (χ0) is 26.9. The highest BCUT2D eigenvalue weighted by Gasteiger charge is 2.24. The van der Waals surface area contributed by atoms with E-state index in [0.717, 1.165) is 36.8 Å². The summed E-state index contributed by atoms with van der Waals surface area (Å²) in [6, 6.07) is 0. The van der Waals surface area contributed by atoms with Crippen molar-refractivity contribution in [3.8, 4) is 0 Å². The van der Waals surface area contributed by atoms with Gasteiger partial charge in [0.25, 0.3) is 0 Å². The van der Waals surface area contributed by atoms with E-state index in [1.165, 1.54) is 13.8 Å². The zero-order valence-corrected chi connectivity index (χ0v) is 28.7. The first kappa shape index (κ1) is 37.1. The number of rotatable bonds is 14. The van der Waals surface area contributed by atoms with Crippen molar-refractivity contribution in [2.75, 3.05) is 25.0 Å². The Balaban J connectivity index is 0. The number of ether oxygens (including phenoxy) is 2. The molecule has 4 nitrogen and oxygen atoms in total. The van der Waals surface area contributed by atoms with E-state index in [9.17, 15) is 9.59 Å². The molecule has 2 atom stereocenters. The molecule has 34 heavy (non-hydrogen) atoms. The van der Waals surface area contributed by atoms with Gasteiger partial charge in [-0.2, -0.15) is 0 Å². The van der Waals surface area contributed by atoms with Crippen LogP contribution in [0.15, 0.2) is 23.3 Å². The van der Waals surface area contributed by atoms with Crippen LogP contribution in [0.1, 0.15) is 67.2 Å². The summed E-state index contributed by atoms with van der Waals surface area (Å²) < 4.78 is 9.82. The highest BCUT2D eigenvalue weighted by Crippen LogP contribution is 2.32. The van der Waals surface area contributed by atoms with Crippen LogP contribution in [0.4, 0.5) is 0 Å². The average molecular weight is 781 g/mol. The fourth-order valence-corrected chi connectivity index (χ4v) is 3.71. The normalized spacial score (nSPS) is 14.6. The lowest BCUT2D eigenvalue weighted by molar-refractivity contribution is -0.140. The summed E-state index contributed by atoms with van der Waals surface area (Å²) in [4.78, 5) is 22.0. The zero-order valence-electron chi connectivity index (χ0n) is 20.9. The lowest BCUT2D eigenvalue weighted by Gasteiger charge is -2.23. The van der Waals surface area contributed by atoms with Gasteiger partial charge in [-0.25, -0.2) is 0 Å². The standard InChI is InChI=1S/2C12H19Br2ClO2/c2*1-9(16)17-7-6-10(8-15)4-5-11(13)12(2,3)14/h2*6,11H,4-5,7-8H2,1-3H3/b2*10-6-. The Morgan fingerprint density at radius 2 is 1.06 bits per heavy atom. The predicted octanol–water partition coefficient (Wildman–Crippen LogP) is 8.86. The molecular weight excluding hydrogens is 743 g/mol. The SMILES string of the molecule is CC(=O)OC/C=C(\CCl)CCC(Br)C(C)(C)Br.CC(=O)OC/C=C(\CCl)CCC(Br)C(C)(C)Br. The van der Waals surface area contributed by atoms with Gasteiger partial charge >= 0.3 is 11.9 Å². The Hall–Kier alpha value is 0.920. The number of hydrogen-bond acceptors (Lipinski definition) is 4. The van der Waals surface area contributed by atoms with E-state index in [1.54, 1.807) is 0 Å². The fraction of sp³-hybridized carbons (Fsp3) is 0.750. The van der Waals surface area contributed by atoms with E-state index >= 15 is 0 Å². The van der Waals surface area contributed by atoms with E-state index in [0.29, 0.717) is 34.6 Å². The summed E-state index contributed by atoms with van der Waals surface area (Å²) >= 11 is 26.2. The Morgan fingerprint density at radius 1 is 0.765 bits per heavy atom. The third kappa shape index (κ3) is 22.1. The Bertz CT molecular complexity index is 600. The molecule has 0 saturated heterocycles. The first-order valence-electron chi connectivity index (χ1n) is 10.9. The molecule has 2 unspecified atom stereocenters. The van der Waals surface area contributed by atoms with E-state index in [2.05, 4.69) is 91.4 Å². The molecule has 0 aliphatic rings.